The van der Waals surface area contributed by atoms with E-state index in [1.165, 1.54) is 11.1 Å². The quantitative estimate of drug-likeness (QED) is 0.149. The van der Waals surface area contributed by atoms with E-state index in [1.54, 1.807) is 32.4 Å². The van der Waals surface area contributed by atoms with Crippen molar-refractivity contribution in [1.82, 2.24) is 0 Å². The molecule has 4 rings (SSSR count). The van der Waals surface area contributed by atoms with E-state index in [2.05, 4.69) is 67.7 Å². The number of benzene rings is 4. The number of hydrogen-bond donors (Lipinski definition) is 3. The molecule has 0 saturated heterocycles. The van der Waals surface area contributed by atoms with Crippen LogP contribution in [0.2, 0.25) is 0 Å². The van der Waals surface area contributed by atoms with E-state index in [4.69, 9.17) is 15.2 Å². The number of hydrogen-bond acceptors (Lipinski definition) is 5. The lowest BCUT2D eigenvalue weighted by Gasteiger charge is -2.17. The van der Waals surface area contributed by atoms with Gasteiger partial charge in [-0.15, -0.1) is 0 Å². The van der Waals surface area contributed by atoms with E-state index in [0.29, 0.717) is 12.2 Å². The van der Waals surface area contributed by atoms with Gasteiger partial charge < -0.3 is 25.6 Å². The van der Waals surface area contributed by atoms with E-state index >= 15 is 0 Å². The Labute approximate surface area is 229 Å². The molecule has 4 aromatic carbocycles. The Morgan fingerprint density at radius 2 is 1.72 bits per heavy atom. The molecule has 0 bridgehead atoms. The number of nitrogens with one attached hydrogen (secondary N) is 1. The highest BCUT2D eigenvalue weighted by atomic mass is 16.5. The molecule has 0 radical (unpaired) electrons. The van der Waals surface area contributed by atoms with Gasteiger partial charge in [0.15, 0.2) is 0 Å². The van der Waals surface area contributed by atoms with Crippen molar-refractivity contribution in [3.8, 4) is 22.6 Å². The van der Waals surface area contributed by atoms with Gasteiger partial charge in [0.1, 0.15) is 17.1 Å². The number of carboxylic acid groups (broad SMARTS) is 1. The fourth-order valence-electron chi connectivity index (χ4n) is 4.76. The van der Waals surface area contributed by atoms with Crippen LogP contribution < -0.4 is 20.5 Å². The highest BCUT2D eigenvalue weighted by molar-refractivity contribution is 5.99. The van der Waals surface area contributed by atoms with Gasteiger partial charge in [-0.25, -0.2) is 4.79 Å². The summed E-state index contributed by atoms with van der Waals surface area (Å²) in [5, 5.41) is 12.8. The minimum atomic E-state index is -1.06. The predicted octanol–water partition coefficient (Wildman–Crippen LogP) is 7.30. The number of ether oxygens (including phenoxy) is 2. The fraction of sp³-hybridized carbons (Fsp3) is 0.182. The first-order valence-corrected chi connectivity index (χ1v) is 12.8. The van der Waals surface area contributed by atoms with E-state index in [0.717, 1.165) is 45.7 Å². The average molecular weight is 523 g/mol. The molecular weight excluding hydrogens is 488 g/mol. The van der Waals surface area contributed by atoms with Crippen LogP contribution >= 0.6 is 0 Å². The summed E-state index contributed by atoms with van der Waals surface area (Å²) in [4.78, 5) is 11.7. The van der Waals surface area contributed by atoms with Crippen LogP contribution in [0.15, 0.2) is 72.8 Å². The average Bonchev–Trinajstić information content (AvgIpc) is 2.95. The minimum absolute atomic E-state index is 0.0707. The second-order valence-corrected chi connectivity index (χ2v) is 9.22. The molecule has 0 aliphatic heterocycles. The molecule has 6 nitrogen and oxygen atoms in total. The van der Waals surface area contributed by atoms with Crippen molar-refractivity contribution < 1.29 is 19.4 Å². The van der Waals surface area contributed by atoms with E-state index in [9.17, 15) is 9.90 Å². The molecule has 0 atom stereocenters. The molecule has 0 aliphatic rings. The highest BCUT2D eigenvalue weighted by Crippen LogP contribution is 2.31. The molecule has 200 valence electrons. The lowest BCUT2D eigenvalue weighted by Crippen LogP contribution is -2.11. The first-order valence-electron chi connectivity index (χ1n) is 12.8. The Balaban J connectivity index is 1.61. The molecule has 0 saturated carbocycles. The van der Waals surface area contributed by atoms with Gasteiger partial charge in [0.2, 0.25) is 0 Å². The zero-order chi connectivity index (χ0) is 27.9. The van der Waals surface area contributed by atoms with Crippen molar-refractivity contribution in [3.05, 3.63) is 106 Å². The van der Waals surface area contributed by atoms with Crippen molar-refractivity contribution in [2.24, 2.45) is 0 Å². The number of aryl methyl sites for hydroxylation is 1. The maximum absolute atomic E-state index is 11.7. The summed E-state index contributed by atoms with van der Waals surface area (Å²) in [5.41, 5.74) is 14.4. The van der Waals surface area contributed by atoms with Gasteiger partial charge in [-0.1, -0.05) is 61.5 Å². The van der Waals surface area contributed by atoms with Crippen molar-refractivity contribution in [2.75, 3.05) is 25.3 Å². The first kappa shape index (κ1) is 27.3. The normalized spacial score (nSPS) is 11.0. The molecule has 6 heteroatoms. The van der Waals surface area contributed by atoms with Crippen LogP contribution in [0.1, 0.15) is 45.1 Å². The molecule has 0 amide bonds. The Morgan fingerprint density at radius 3 is 2.38 bits per heavy atom. The Morgan fingerprint density at radius 1 is 0.974 bits per heavy atom. The highest BCUT2D eigenvalue weighted by Gasteiger charge is 2.16. The van der Waals surface area contributed by atoms with Gasteiger partial charge in [-0.05, 0) is 77.1 Å². The number of anilines is 2. The minimum Gasteiger partial charge on any atom is -0.497 e. The number of nitrogen functional groups attached to an aromatic ring is 1. The van der Waals surface area contributed by atoms with Crippen LogP contribution in [0.3, 0.4) is 0 Å². The first-order chi connectivity index (χ1) is 18.9. The third-order valence-electron chi connectivity index (χ3n) is 6.92. The van der Waals surface area contributed by atoms with Crippen LogP contribution in [-0.4, -0.2) is 25.3 Å². The molecule has 4 N–H and O–H groups in total. The summed E-state index contributed by atoms with van der Waals surface area (Å²) < 4.78 is 11.1. The molecule has 0 heterocycles. The van der Waals surface area contributed by atoms with Gasteiger partial charge in [-0.3, -0.25) is 0 Å². The van der Waals surface area contributed by atoms with Crippen LogP contribution in [0.5, 0.6) is 11.5 Å². The Hall–Kier alpha value is -4.71. The largest absolute Gasteiger partial charge is 0.497 e. The summed E-state index contributed by atoms with van der Waals surface area (Å²) >= 11 is 0. The third-order valence-corrected chi connectivity index (χ3v) is 6.92. The number of nitrogens with two attached hydrogens (primary N) is 1. The van der Waals surface area contributed by atoms with Gasteiger partial charge in [0, 0.05) is 17.8 Å². The SMILES string of the molecule is CCc1cc(/C=C/c2cccc(-c3ccc(OC)cc3)c2C)cc(OC)c1CNc1cccc(N)c1C(=O)O. The lowest BCUT2D eigenvalue weighted by molar-refractivity contribution is 0.0699. The summed E-state index contributed by atoms with van der Waals surface area (Å²) in [6, 6.07) is 23.6. The summed E-state index contributed by atoms with van der Waals surface area (Å²) in [5.74, 6) is 0.512. The third kappa shape index (κ3) is 6.07. The number of carbonyl (C=O) groups is 1. The zero-order valence-corrected chi connectivity index (χ0v) is 22.7. The Kier molecular flexibility index (Phi) is 8.56. The molecule has 0 spiro atoms. The number of carboxylic acids is 1. The topological polar surface area (TPSA) is 93.8 Å². The van der Waals surface area contributed by atoms with Crippen molar-refractivity contribution in [2.45, 2.75) is 26.8 Å². The van der Waals surface area contributed by atoms with Gasteiger partial charge in [0.05, 0.1) is 19.9 Å². The smallest absolute Gasteiger partial charge is 0.339 e. The fourth-order valence-corrected chi connectivity index (χ4v) is 4.76. The monoisotopic (exact) mass is 522 g/mol. The van der Waals surface area contributed by atoms with Crippen molar-refractivity contribution in [1.29, 1.82) is 0 Å². The van der Waals surface area contributed by atoms with Crippen LogP contribution in [0, 0.1) is 6.92 Å². The lowest BCUT2D eigenvalue weighted by atomic mass is 9.95. The van der Waals surface area contributed by atoms with E-state index in [1.807, 2.05) is 18.2 Å². The molecule has 4 aromatic rings. The second kappa shape index (κ2) is 12.2. The zero-order valence-electron chi connectivity index (χ0n) is 22.7. The number of aromatic carboxylic acids is 1. The van der Waals surface area contributed by atoms with E-state index < -0.39 is 5.97 Å². The van der Waals surface area contributed by atoms with Crippen LogP contribution in [-0.2, 0) is 13.0 Å². The molecule has 0 unspecified atom stereocenters. The van der Waals surface area contributed by atoms with Crippen LogP contribution in [0.4, 0.5) is 11.4 Å². The van der Waals surface area contributed by atoms with Crippen molar-refractivity contribution in [3.63, 3.8) is 0 Å². The standard InChI is InChI=1S/C33H34N2O4/c1-5-23-18-22(12-13-24-8-6-9-27(21(24)2)25-14-16-26(38-3)17-15-25)19-31(39-4)28(23)20-35-30-11-7-10-29(34)32(30)33(36)37/h6-19,35H,5,20,34H2,1-4H3,(H,36,37)/b13-12+. The van der Waals surface area contributed by atoms with Gasteiger partial charge >= 0.3 is 5.97 Å². The molecule has 0 aliphatic carbocycles. The van der Waals surface area contributed by atoms with E-state index in [-0.39, 0.29) is 11.3 Å². The summed E-state index contributed by atoms with van der Waals surface area (Å²) in [6.45, 7) is 4.63. The Bertz CT molecular complexity index is 1480. The van der Waals surface area contributed by atoms with Gasteiger partial charge in [-0.2, -0.15) is 0 Å². The maximum atomic E-state index is 11.7. The van der Waals surface area contributed by atoms with Crippen molar-refractivity contribution >= 4 is 29.5 Å². The maximum Gasteiger partial charge on any atom is 0.339 e. The number of rotatable bonds is 10. The molecule has 0 aromatic heterocycles. The molecule has 0 fully saturated rings. The number of methoxy groups -OCH3 is 2. The molecular formula is C33H34N2O4. The van der Waals surface area contributed by atoms with Crippen LogP contribution in [0.25, 0.3) is 23.3 Å². The van der Waals surface area contributed by atoms with Gasteiger partial charge in [0.25, 0.3) is 0 Å². The molecule has 39 heavy (non-hydrogen) atoms. The predicted molar refractivity (Wildman–Crippen MR) is 160 cm³/mol. The summed E-state index contributed by atoms with van der Waals surface area (Å²) in [7, 11) is 3.32. The second-order valence-electron chi connectivity index (χ2n) is 9.22. The summed E-state index contributed by atoms with van der Waals surface area (Å²) in [6.07, 6.45) is 5.02.